The predicted molar refractivity (Wildman–Crippen MR) is 150 cm³/mol. The SMILES string of the molecule is CC1(C)c2cc(O)ccc2-c2c3c(c4ccccc4c21)OC(c1ccc(O)cc1)(c1ccc(O)cc1)C=C3. The first-order valence-corrected chi connectivity index (χ1v) is 12.7. The van der Waals surface area contributed by atoms with Crippen LogP contribution in [0.4, 0.5) is 0 Å². The second-order valence-corrected chi connectivity index (χ2v) is 10.7. The van der Waals surface area contributed by atoms with Crippen molar-refractivity contribution in [2.24, 2.45) is 0 Å². The molecule has 0 saturated carbocycles. The second kappa shape index (κ2) is 7.65. The van der Waals surface area contributed by atoms with Gasteiger partial charge in [0.1, 0.15) is 23.0 Å². The second-order valence-electron chi connectivity index (χ2n) is 10.7. The third-order valence-corrected chi connectivity index (χ3v) is 8.12. The molecule has 0 radical (unpaired) electrons. The number of phenolic OH excluding ortho intramolecular Hbond substituents is 3. The van der Waals surface area contributed by atoms with Gasteiger partial charge >= 0.3 is 0 Å². The third kappa shape index (κ3) is 2.97. The van der Waals surface area contributed by atoms with E-state index in [1.807, 2.05) is 42.5 Å². The lowest BCUT2D eigenvalue weighted by molar-refractivity contribution is 0.163. The number of fused-ring (bicyclic) bond motifs is 8. The average molecular weight is 499 g/mol. The molecule has 1 aliphatic carbocycles. The summed E-state index contributed by atoms with van der Waals surface area (Å²) >= 11 is 0. The van der Waals surface area contributed by atoms with Crippen LogP contribution in [0.25, 0.3) is 28.0 Å². The molecular weight excluding hydrogens is 472 g/mol. The van der Waals surface area contributed by atoms with E-state index in [2.05, 4.69) is 44.2 Å². The monoisotopic (exact) mass is 498 g/mol. The lowest BCUT2D eigenvalue weighted by Gasteiger charge is -2.37. The van der Waals surface area contributed by atoms with Gasteiger partial charge in [0.05, 0.1) is 0 Å². The lowest BCUT2D eigenvalue weighted by atomic mass is 9.78. The minimum atomic E-state index is -0.975. The van der Waals surface area contributed by atoms with E-state index in [0.717, 1.165) is 49.9 Å². The summed E-state index contributed by atoms with van der Waals surface area (Å²) in [7, 11) is 0. The number of rotatable bonds is 2. The van der Waals surface area contributed by atoms with Gasteiger partial charge in [-0.2, -0.15) is 0 Å². The van der Waals surface area contributed by atoms with Crippen molar-refractivity contribution in [2.45, 2.75) is 24.9 Å². The van der Waals surface area contributed by atoms with E-state index < -0.39 is 5.60 Å². The van der Waals surface area contributed by atoms with Crippen molar-refractivity contribution in [2.75, 3.05) is 0 Å². The molecule has 5 aromatic carbocycles. The van der Waals surface area contributed by atoms with Gasteiger partial charge in [0.2, 0.25) is 0 Å². The molecule has 0 fully saturated rings. The molecule has 2 aliphatic rings. The Morgan fingerprint density at radius 2 is 1.24 bits per heavy atom. The van der Waals surface area contributed by atoms with E-state index >= 15 is 0 Å². The summed E-state index contributed by atoms with van der Waals surface area (Å²) in [6.45, 7) is 4.42. The molecule has 38 heavy (non-hydrogen) atoms. The van der Waals surface area contributed by atoms with Crippen LogP contribution < -0.4 is 4.74 Å². The van der Waals surface area contributed by atoms with Gasteiger partial charge in [-0.25, -0.2) is 0 Å². The van der Waals surface area contributed by atoms with Crippen LogP contribution in [-0.2, 0) is 11.0 Å². The summed E-state index contributed by atoms with van der Waals surface area (Å²) in [5, 5.41) is 32.5. The van der Waals surface area contributed by atoms with E-state index in [1.54, 1.807) is 30.3 Å². The van der Waals surface area contributed by atoms with Crippen molar-refractivity contribution in [3.63, 3.8) is 0 Å². The molecule has 1 heterocycles. The van der Waals surface area contributed by atoms with Crippen molar-refractivity contribution < 1.29 is 20.1 Å². The number of hydrogen-bond donors (Lipinski definition) is 3. The Kier molecular flexibility index (Phi) is 4.53. The Labute approximate surface area is 220 Å². The zero-order valence-electron chi connectivity index (χ0n) is 21.1. The van der Waals surface area contributed by atoms with Gasteiger partial charge in [-0.1, -0.05) is 68.4 Å². The van der Waals surface area contributed by atoms with Crippen LogP contribution in [-0.4, -0.2) is 15.3 Å². The van der Waals surface area contributed by atoms with Crippen LogP contribution in [0.2, 0.25) is 0 Å². The van der Waals surface area contributed by atoms with Gasteiger partial charge in [-0.3, -0.25) is 0 Å². The standard InChI is InChI=1S/C34H26O4/c1-33(2)29-19-24(37)15-16-27(29)30-28-17-18-34(20-7-11-22(35)12-8-20,21-9-13-23(36)14-10-21)38-32(28)26-6-4-3-5-25(26)31(30)33/h3-19,35-37H,1-2H3. The van der Waals surface area contributed by atoms with Gasteiger partial charge in [-0.15, -0.1) is 0 Å². The van der Waals surface area contributed by atoms with Crippen LogP contribution >= 0.6 is 0 Å². The maximum Gasteiger partial charge on any atom is 0.178 e. The van der Waals surface area contributed by atoms with E-state index in [9.17, 15) is 15.3 Å². The first-order chi connectivity index (χ1) is 18.3. The highest BCUT2D eigenvalue weighted by atomic mass is 16.5. The van der Waals surface area contributed by atoms with E-state index in [1.165, 1.54) is 5.56 Å². The molecule has 7 rings (SSSR count). The summed E-state index contributed by atoms with van der Waals surface area (Å²) in [5.74, 6) is 1.40. The number of aromatic hydroxyl groups is 3. The third-order valence-electron chi connectivity index (χ3n) is 8.12. The van der Waals surface area contributed by atoms with E-state index in [-0.39, 0.29) is 22.7 Å². The minimum absolute atomic E-state index is 0.181. The first kappa shape index (κ1) is 22.5. The fraction of sp³-hybridized carbons (Fsp3) is 0.118. The zero-order chi connectivity index (χ0) is 26.2. The highest BCUT2D eigenvalue weighted by Crippen LogP contribution is 2.58. The number of phenols is 3. The molecule has 186 valence electrons. The average Bonchev–Trinajstić information content (AvgIpc) is 3.16. The minimum Gasteiger partial charge on any atom is -0.508 e. The van der Waals surface area contributed by atoms with Crippen molar-refractivity contribution in [3.05, 3.63) is 125 Å². The first-order valence-electron chi connectivity index (χ1n) is 12.7. The molecule has 4 heteroatoms. The Morgan fingerprint density at radius 1 is 0.658 bits per heavy atom. The molecule has 1 aliphatic heterocycles. The summed E-state index contributed by atoms with van der Waals surface area (Å²) in [6.07, 6.45) is 4.20. The molecule has 0 bridgehead atoms. The fourth-order valence-electron chi connectivity index (χ4n) is 6.32. The molecule has 0 saturated heterocycles. The molecule has 0 atom stereocenters. The lowest BCUT2D eigenvalue weighted by Crippen LogP contribution is -2.34. The molecule has 5 aromatic rings. The van der Waals surface area contributed by atoms with Gasteiger partial charge < -0.3 is 20.1 Å². The Balaban J connectivity index is 1.56. The van der Waals surface area contributed by atoms with E-state index in [4.69, 9.17) is 4.74 Å². The molecule has 0 amide bonds. The van der Waals surface area contributed by atoms with Crippen LogP contribution in [0, 0.1) is 0 Å². The van der Waals surface area contributed by atoms with Crippen LogP contribution in [0.5, 0.6) is 23.0 Å². The van der Waals surface area contributed by atoms with Gasteiger partial charge in [0, 0.05) is 27.5 Å². The highest BCUT2D eigenvalue weighted by molar-refractivity contribution is 6.06. The maximum atomic E-state index is 10.3. The summed E-state index contributed by atoms with van der Waals surface area (Å²) in [6, 6.07) is 28.1. The quantitative estimate of drug-likeness (QED) is 0.234. The normalized spacial score (nSPS) is 15.9. The van der Waals surface area contributed by atoms with E-state index in [0.29, 0.717) is 0 Å². The molecule has 0 aromatic heterocycles. The smallest absolute Gasteiger partial charge is 0.178 e. The van der Waals surface area contributed by atoms with Crippen molar-refractivity contribution >= 4 is 16.8 Å². The number of benzene rings is 5. The zero-order valence-corrected chi connectivity index (χ0v) is 21.1. The fourth-order valence-corrected chi connectivity index (χ4v) is 6.32. The maximum absolute atomic E-state index is 10.3. The number of ether oxygens (including phenoxy) is 1. The Bertz CT molecular complexity index is 1730. The topological polar surface area (TPSA) is 69.9 Å². The summed E-state index contributed by atoms with van der Waals surface area (Å²) < 4.78 is 7.12. The summed E-state index contributed by atoms with van der Waals surface area (Å²) in [4.78, 5) is 0. The summed E-state index contributed by atoms with van der Waals surface area (Å²) in [5.41, 5.74) is 5.97. The van der Waals surface area contributed by atoms with Crippen LogP contribution in [0.15, 0.2) is 97.1 Å². The van der Waals surface area contributed by atoms with Gasteiger partial charge in [0.25, 0.3) is 0 Å². The molecule has 0 unspecified atom stereocenters. The number of hydrogen-bond acceptors (Lipinski definition) is 4. The van der Waals surface area contributed by atoms with Crippen LogP contribution in [0.3, 0.4) is 0 Å². The largest absolute Gasteiger partial charge is 0.508 e. The molecule has 4 nitrogen and oxygen atoms in total. The van der Waals surface area contributed by atoms with Crippen molar-refractivity contribution in [1.29, 1.82) is 0 Å². The van der Waals surface area contributed by atoms with Crippen molar-refractivity contribution in [3.8, 4) is 34.1 Å². The van der Waals surface area contributed by atoms with Crippen molar-refractivity contribution in [1.82, 2.24) is 0 Å². The highest BCUT2D eigenvalue weighted by Gasteiger charge is 2.43. The van der Waals surface area contributed by atoms with Gasteiger partial charge in [-0.05, 0) is 76.2 Å². The Morgan fingerprint density at radius 3 is 1.87 bits per heavy atom. The van der Waals surface area contributed by atoms with Gasteiger partial charge in [0.15, 0.2) is 5.60 Å². The predicted octanol–water partition coefficient (Wildman–Crippen LogP) is 7.61. The molecular formula is C34H26O4. The van der Waals surface area contributed by atoms with Crippen LogP contribution in [0.1, 0.15) is 41.7 Å². The Hall–Kier alpha value is -4.70. The molecule has 3 N–H and O–H groups in total. The molecule has 0 spiro atoms.